The molecular weight excluding hydrogens is 375 g/mol. The minimum absolute atomic E-state index is 0.0204. The highest BCUT2D eigenvalue weighted by atomic mass is 32.2. The minimum Gasteiger partial charge on any atom is -0.384 e. The smallest absolute Gasteiger partial charge is 0.181 e. The number of aromatic nitrogens is 2. The number of halogens is 1. The van der Waals surface area contributed by atoms with Crippen molar-refractivity contribution in [3.8, 4) is 0 Å². The van der Waals surface area contributed by atoms with Gasteiger partial charge in [0.05, 0.1) is 12.3 Å². The molecule has 1 aromatic carbocycles. The number of amidine groups is 1. The molecule has 27 heavy (non-hydrogen) atoms. The van der Waals surface area contributed by atoms with E-state index in [1.165, 1.54) is 18.2 Å². The van der Waals surface area contributed by atoms with Gasteiger partial charge in [-0.1, -0.05) is 14.8 Å². The van der Waals surface area contributed by atoms with Gasteiger partial charge in [0.1, 0.15) is 11.5 Å². The monoisotopic (exact) mass is 398 g/mol. The Balaban J connectivity index is 2.11. The highest BCUT2D eigenvalue weighted by Crippen LogP contribution is 2.18. The lowest BCUT2D eigenvalue weighted by Crippen LogP contribution is -2.22. The van der Waals surface area contributed by atoms with Crippen LogP contribution in [0.25, 0.3) is 0 Å². The normalized spacial score (nSPS) is 12.4. The predicted molar refractivity (Wildman–Crippen MR) is 99.3 cm³/mol. The summed E-state index contributed by atoms with van der Waals surface area (Å²) < 4.78 is 39.1. The third-order valence-electron chi connectivity index (χ3n) is 3.81. The van der Waals surface area contributed by atoms with E-state index < -0.39 is 9.62 Å². The molecule has 2 rings (SSSR count). The summed E-state index contributed by atoms with van der Waals surface area (Å²) in [6.07, 6.45) is 0.961. The van der Waals surface area contributed by atoms with Crippen LogP contribution < -0.4 is 5.48 Å². The first-order chi connectivity index (χ1) is 12.9. The van der Waals surface area contributed by atoms with Gasteiger partial charge in [-0.05, 0) is 48.7 Å². The molecule has 0 bridgehead atoms. The topological polar surface area (TPSA) is 140 Å². The molecular formula is C16H23FN6O3S. The molecule has 0 radical (unpaired) electrons. The SMILES string of the molecule is COCCS(=N)(=N)CCCc1nonc1C(=Nc1ccc(F)c(C)c1)NO. The third-order valence-corrected chi connectivity index (χ3v) is 5.66. The highest BCUT2D eigenvalue weighted by Gasteiger charge is 2.17. The number of benzene rings is 1. The molecule has 0 spiro atoms. The van der Waals surface area contributed by atoms with Gasteiger partial charge in [0, 0.05) is 18.6 Å². The zero-order valence-electron chi connectivity index (χ0n) is 15.2. The van der Waals surface area contributed by atoms with Crippen LogP contribution in [0, 0.1) is 22.3 Å². The number of aliphatic imine (C=N–C) groups is 1. The molecule has 0 aliphatic heterocycles. The van der Waals surface area contributed by atoms with Gasteiger partial charge in [0.15, 0.2) is 11.5 Å². The van der Waals surface area contributed by atoms with Gasteiger partial charge in [-0.15, -0.1) is 0 Å². The van der Waals surface area contributed by atoms with E-state index in [2.05, 4.69) is 15.3 Å². The van der Waals surface area contributed by atoms with E-state index >= 15 is 0 Å². The first-order valence-electron chi connectivity index (χ1n) is 8.20. The van der Waals surface area contributed by atoms with Crippen LogP contribution in [-0.4, -0.2) is 46.6 Å². The molecule has 11 heteroatoms. The summed E-state index contributed by atoms with van der Waals surface area (Å²) in [5.41, 5.74) is 3.51. The van der Waals surface area contributed by atoms with Crippen molar-refractivity contribution in [2.75, 3.05) is 25.2 Å². The van der Waals surface area contributed by atoms with E-state index in [4.69, 9.17) is 18.9 Å². The van der Waals surface area contributed by atoms with Gasteiger partial charge in [0.2, 0.25) is 0 Å². The molecule has 0 fully saturated rings. The first kappa shape index (κ1) is 20.9. The molecule has 2 aromatic rings. The lowest BCUT2D eigenvalue weighted by Gasteiger charge is -2.09. The Hall–Kier alpha value is -2.37. The van der Waals surface area contributed by atoms with E-state index in [0.717, 1.165) is 0 Å². The summed E-state index contributed by atoms with van der Waals surface area (Å²) in [4.78, 5) is 4.22. The maximum absolute atomic E-state index is 13.4. The lowest BCUT2D eigenvalue weighted by atomic mass is 10.2. The largest absolute Gasteiger partial charge is 0.384 e. The number of methoxy groups -OCH3 is 1. The van der Waals surface area contributed by atoms with Gasteiger partial charge in [0.25, 0.3) is 0 Å². The Bertz CT molecular complexity index is 897. The second-order valence-electron chi connectivity index (χ2n) is 5.95. The van der Waals surface area contributed by atoms with Gasteiger partial charge < -0.3 is 4.74 Å². The van der Waals surface area contributed by atoms with Crippen molar-refractivity contribution in [2.24, 2.45) is 4.99 Å². The second kappa shape index (κ2) is 9.53. The van der Waals surface area contributed by atoms with E-state index in [1.54, 1.807) is 14.0 Å². The number of hydrogen-bond donors (Lipinski definition) is 4. The molecule has 0 saturated carbocycles. The maximum atomic E-state index is 13.4. The van der Waals surface area contributed by atoms with E-state index in [-0.39, 0.29) is 17.3 Å². The Labute approximate surface area is 157 Å². The van der Waals surface area contributed by atoms with Crippen molar-refractivity contribution < 1.29 is 19.0 Å². The van der Waals surface area contributed by atoms with Gasteiger partial charge >= 0.3 is 0 Å². The summed E-state index contributed by atoms with van der Waals surface area (Å²) in [6.45, 7) is 2.00. The summed E-state index contributed by atoms with van der Waals surface area (Å²) in [5.74, 6) is 0.467. The fraction of sp³-hybridized carbons (Fsp3) is 0.438. The Morgan fingerprint density at radius 3 is 2.81 bits per heavy atom. The first-order valence-corrected chi connectivity index (χ1v) is 10.2. The van der Waals surface area contributed by atoms with Crippen LogP contribution in [0.15, 0.2) is 27.8 Å². The lowest BCUT2D eigenvalue weighted by molar-refractivity contribution is 0.218. The molecule has 0 unspecified atom stereocenters. The summed E-state index contributed by atoms with van der Waals surface area (Å²) >= 11 is 0. The van der Waals surface area contributed by atoms with E-state index in [0.29, 0.717) is 47.9 Å². The van der Waals surface area contributed by atoms with Crippen molar-refractivity contribution >= 4 is 21.1 Å². The van der Waals surface area contributed by atoms with E-state index in [1.807, 2.05) is 5.48 Å². The number of hydrogen-bond acceptors (Lipinski definition) is 8. The fourth-order valence-electron chi connectivity index (χ4n) is 2.32. The molecule has 1 aromatic heterocycles. The molecule has 0 aliphatic carbocycles. The van der Waals surface area contributed by atoms with Crippen molar-refractivity contribution in [2.45, 2.75) is 19.8 Å². The molecule has 1 heterocycles. The molecule has 4 N–H and O–H groups in total. The van der Waals surface area contributed by atoms with Crippen LogP contribution >= 0.6 is 0 Å². The zero-order chi connectivity index (χ0) is 19.9. The van der Waals surface area contributed by atoms with Crippen molar-refractivity contribution in [1.29, 1.82) is 9.56 Å². The van der Waals surface area contributed by atoms with Crippen molar-refractivity contribution in [3.63, 3.8) is 0 Å². The maximum Gasteiger partial charge on any atom is 0.181 e. The van der Waals surface area contributed by atoms with Crippen LogP contribution in [0.2, 0.25) is 0 Å². The Morgan fingerprint density at radius 1 is 1.37 bits per heavy atom. The molecule has 9 nitrogen and oxygen atoms in total. The number of aryl methyl sites for hydroxylation is 2. The quantitative estimate of drug-likeness (QED) is 0.291. The van der Waals surface area contributed by atoms with Gasteiger partial charge in [-0.2, -0.15) is 0 Å². The Morgan fingerprint density at radius 2 is 2.15 bits per heavy atom. The molecule has 148 valence electrons. The average molecular weight is 398 g/mol. The van der Waals surface area contributed by atoms with Crippen LogP contribution in [0.1, 0.15) is 23.4 Å². The molecule has 0 saturated heterocycles. The molecule has 0 aliphatic rings. The average Bonchev–Trinajstić information content (AvgIpc) is 3.09. The Kier molecular flexibility index (Phi) is 7.39. The van der Waals surface area contributed by atoms with Crippen LogP contribution in [0.3, 0.4) is 0 Å². The van der Waals surface area contributed by atoms with Gasteiger partial charge in [-0.25, -0.2) is 14.0 Å². The summed E-state index contributed by atoms with van der Waals surface area (Å²) in [5, 5.41) is 17.0. The molecule has 0 amide bonds. The third kappa shape index (κ3) is 6.08. The van der Waals surface area contributed by atoms with Crippen LogP contribution in [0.4, 0.5) is 10.1 Å². The van der Waals surface area contributed by atoms with Crippen molar-refractivity contribution in [1.82, 2.24) is 15.8 Å². The van der Waals surface area contributed by atoms with Crippen LogP contribution in [0.5, 0.6) is 0 Å². The summed E-state index contributed by atoms with van der Waals surface area (Å²) in [7, 11) is -0.678. The zero-order valence-corrected chi connectivity index (χ0v) is 16.0. The van der Waals surface area contributed by atoms with Crippen molar-refractivity contribution in [3.05, 3.63) is 41.0 Å². The number of rotatable bonds is 9. The predicted octanol–water partition coefficient (Wildman–Crippen LogP) is 2.83. The fourth-order valence-corrected chi connectivity index (χ4v) is 3.61. The minimum atomic E-state index is -2.23. The molecule has 0 atom stereocenters. The highest BCUT2D eigenvalue weighted by molar-refractivity contribution is 7.93. The van der Waals surface area contributed by atoms with Crippen LogP contribution in [-0.2, 0) is 20.8 Å². The second-order valence-corrected chi connectivity index (χ2v) is 8.54. The van der Waals surface area contributed by atoms with Gasteiger partial charge in [-0.3, -0.25) is 20.2 Å². The number of nitrogens with one attached hydrogen (secondary N) is 3. The van der Waals surface area contributed by atoms with E-state index in [9.17, 15) is 9.60 Å². The summed E-state index contributed by atoms with van der Waals surface area (Å²) in [6, 6.07) is 4.30. The number of nitrogens with zero attached hydrogens (tertiary/aromatic N) is 3. The standard InChI is InChI=1S/C16H23FN6O3S/c1-11-10-12(5-6-13(11)17)20-16(21-24)15-14(22-26-23-15)4-3-8-27(18,19)9-7-25-2/h5-6,10,18-19,24H,3-4,7-9H2,1-2H3,(H,20,21). The number of ether oxygens (including phenoxy) is 1. The number of hydroxylamine groups is 1.